The highest BCUT2D eigenvalue weighted by atomic mass is 19.1. The molecule has 1 aliphatic rings. The maximum atomic E-state index is 14.2. The Morgan fingerprint density at radius 2 is 2.00 bits per heavy atom. The van der Waals surface area contributed by atoms with Crippen LogP contribution >= 0.6 is 0 Å². The second-order valence-electron chi connectivity index (χ2n) is 7.78. The number of carbonyl (C=O) groups excluding carboxylic acids is 1. The van der Waals surface area contributed by atoms with Crippen molar-refractivity contribution in [1.29, 1.82) is 0 Å². The summed E-state index contributed by atoms with van der Waals surface area (Å²) in [6.45, 7) is 3.69. The maximum absolute atomic E-state index is 14.2. The zero-order chi connectivity index (χ0) is 21.8. The first kappa shape index (κ1) is 18.9. The number of anilines is 2. The molecule has 0 fully saturated rings. The van der Waals surface area contributed by atoms with Gasteiger partial charge in [0.1, 0.15) is 35.1 Å². The average Bonchev–Trinajstić information content (AvgIpc) is 3.43. The number of nitrogens with two attached hydrogens (primary N) is 1. The molecular weight excluding hydrogens is 401 g/mol. The van der Waals surface area contributed by atoms with Crippen molar-refractivity contribution in [2.24, 2.45) is 0 Å². The Hall–Kier alpha value is -4.08. The van der Waals surface area contributed by atoms with E-state index in [4.69, 9.17) is 10.3 Å². The Bertz CT molecular complexity index is 1310. The number of carbonyl (C=O) groups is 1. The number of amides is 1. The van der Waals surface area contributed by atoms with Crippen LogP contribution in [-0.2, 0) is 16.8 Å². The smallest absolute Gasteiger partial charge is 0.235 e. The fourth-order valence-electron chi connectivity index (χ4n) is 3.66. The number of benzene rings is 1. The first-order valence-corrected chi connectivity index (χ1v) is 9.56. The molecular formula is C21H18FN7O2. The Kier molecular flexibility index (Phi) is 4.10. The van der Waals surface area contributed by atoms with Gasteiger partial charge in [0.2, 0.25) is 5.91 Å². The number of hydrogen-bond donors (Lipinski definition) is 2. The lowest BCUT2D eigenvalue weighted by Gasteiger charge is -2.15. The van der Waals surface area contributed by atoms with Gasteiger partial charge >= 0.3 is 0 Å². The zero-order valence-electron chi connectivity index (χ0n) is 16.8. The highest BCUT2D eigenvalue weighted by molar-refractivity contribution is 6.06. The minimum absolute atomic E-state index is 0.166. The molecule has 3 aromatic heterocycles. The van der Waals surface area contributed by atoms with E-state index in [0.717, 1.165) is 0 Å². The maximum Gasteiger partial charge on any atom is 0.235 e. The molecule has 0 radical (unpaired) electrons. The molecule has 0 unspecified atom stereocenters. The normalized spacial score (nSPS) is 14.5. The van der Waals surface area contributed by atoms with Gasteiger partial charge in [-0.15, -0.1) is 0 Å². The minimum atomic E-state index is -0.825. The third kappa shape index (κ3) is 3.03. The summed E-state index contributed by atoms with van der Waals surface area (Å²) in [4.78, 5) is 21.2. The lowest BCUT2D eigenvalue weighted by molar-refractivity contribution is -0.119. The van der Waals surface area contributed by atoms with Crippen molar-refractivity contribution >= 4 is 17.5 Å². The molecule has 0 saturated heterocycles. The van der Waals surface area contributed by atoms with Gasteiger partial charge in [0, 0.05) is 11.6 Å². The van der Waals surface area contributed by atoms with Gasteiger partial charge in [-0.05, 0) is 26.0 Å². The van der Waals surface area contributed by atoms with E-state index in [1.54, 1.807) is 48.9 Å². The Labute approximate surface area is 176 Å². The second-order valence-corrected chi connectivity index (χ2v) is 7.78. The molecule has 3 N–H and O–H groups in total. The predicted molar refractivity (Wildman–Crippen MR) is 110 cm³/mol. The molecule has 0 aliphatic carbocycles. The van der Waals surface area contributed by atoms with Crippen LogP contribution in [0.5, 0.6) is 0 Å². The first-order chi connectivity index (χ1) is 14.8. The summed E-state index contributed by atoms with van der Waals surface area (Å²) in [6, 6.07) is 9.87. The largest absolute Gasteiger partial charge is 0.383 e. The molecule has 0 atom stereocenters. The van der Waals surface area contributed by atoms with E-state index in [2.05, 4.69) is 25.5 Å². The van der Waals surface area contributed by atoms with Gasteiger partial charge in [0.05, 0.1) is 23.2 Å². The molecule has 1 aliphatic heterocycles. The molecule has 4 heterocycles. The van der Waals surface area contributed by atoms with Crippen LogP contribution in [0, 0.1) is 5.82 Å². The van der Waals surface area contributed by atoms with Gasteiger partial charge < -0.3 is 15.6 Å². The molecule has 156 valence electrons. The van der Waals surface area contributed by atoms with Crippen molar-refractivity contribution < 1.29 is 13.7 Å². The molecule has 1 aromatic carbocycles. The monoisotopic (exact) mass is 419 g/mol. The number of nitrogens with one attached hydrogen (secondary N) is 1. The summed E-state index contributed by atoms with van der Waals surface area (Å²) in [7, 11) is 0. The molecule has 10 heteroatoms. The van der Waals surface area contributed by atoms with E-state index < -0.39 is 5.41 Å². The van der Waals surface area contributed by atoms with Crippen molar-refractivity contribution in [2.45, 2.75) is 25.8 Å². The third-order valence-electron chi connectivity index (χ3n) is 5.35. The fraction of sp³-hybridized carbons (Fsp3) is 0.190. The minimum Gasteiger partial charge on any atom is -0.383 e. The molecule has 1 amide bonds. The lowest BCUT2D eigenvalue weighted by Crippen LogP contribution is -2.27. The number of nitrogen functional groups attached to an aromatic ring is 1. The van der Waals surface area contributed by atoms with Crippen LogP contribution in [0.25, 0.3) is 22.9 Å². The van der Waals surface area contributed by atoms with Crippen molar-refractivity contribution in [3.05, 3.63) is 59.6 Å². The highest BCUT2D eigenvalue weighted by Gasteiger charge is 2.42. The third-order valence-corrected chi connectivity index (χ3v) is 5.35. The summed E-state index contributed by atoms with van der Waals surface area (Å²) in [6.07, 6.45) is 1.44. The van der Waals surface area contributed by atoms with Gasteiger partial charge in [-0.25, -0.2) is 14.4 Å². The van der Waals surface area contributed by atoms with E-state index in [-0.39, 0.29) is 29.9 Å². The first-order valence-electron chi connectivity index (χ1n) is 9.56. The topological polar surface area (TPSA) is 125 Å². The molecule has 5 rings (SSSR count). The van der Waals surface area contributed by atoms with E-state index in [9.17, 15) is 9.18 Å². The van der Waals surface area contributed by atoms with Crippen molar-refractivity contribution in [1.82, 2.24) is 24.9 Å². The summed E-state index contributed by atoms with van der Waals surface area (Å²) in [5, 5.41) is 11.3. The second kappa shape index (κ2) is 6.73. The number of nitrogens with zero attached hydrogens (tertiary/aromatic N) is 5. The van der Waals surface area contributed by atoms with E-state index in [1.165, 1.54) is 12.3 Å². The summed E-state index contributed by atoms with van der Waals surface area (Å²) < 4.78 is 20.8. The summed E-state index contributed by atoms with van der Waals surface area (Å²) >= 11 is 0. The molecule has 0 saturated carbocycles. The Morgan fingerprint density at radius 3 is 2.74 bits per heavy atom. The van der Waals surface area contributed by atoms with Crippen LogP contribution in [0.1, 0.15) is 25.0 Å². The van der Waals surface area contributed by atoms with E-state index >= 15 is 0 Å². The molecule has 4 aromatic rings. The SMILES string of the molecule is CC1(C)C(=O)Nc2nc(-c3cc(-c4ccon4)n(Cc4ccccc4F)n3)nc(N)c21. The fourth-order valence-corrected chi connectivity index (χ4v) is 3.66. The van der Waals surface area contributed by atoms with Crippen LogP contribution < -0.4 is 11.1 Å². The van der Waals surface area contributed by atoms with Crippen LogP contribution in [-0.4, -0.2) is 30.8 Å². The van der Waals surface area contributed by atoms with Crippen molar-refractivity contribution in [2.75, 3.05) is 11.1 Å². The number of rotatable bonds is 4. The average molecular weight is 419 g/mol. The molecule has 31 heavy (non-hydrogen) atoms. The number of halogens is 1. The van der Waals surface area contributed by atoms with Crippen molar-refractivity contribution in [3.63, 3.8) is 0 Å². The van der Waals surface area contributed by atoms with Gasteiger partial charge in [-0.3, -0.25) is 9.48 Å². The Balaban J connectivity index is 1.62. The van der Waals surface area contributed by atoms with Gasteiger partial charge in [-0.1, -0.05) is 23.4 Å². The highest BCUT2D eigenvalue weighted by Crippen LogP contribution is 2.40. The van der Waals surface area contributed by atoms with Gasteiger partial charge in [0.25, 0.3) is 0 Å². The Morgan fingerprint density at radius 1 is 1.19 bits per heavy atom. The van der Waals surface area contributed by atoms with Crippen molar-refractivity contribution in [3.8, 4) is 22.9 Å². The van der Waals surface area contributed by atoms with Crippen LogP contribution in [0.4, 0.5) is 16.0 Å². The molecule has 0 spiro atoms. The van der Waals surface area contributed by atoms with Crippen LogP contribution in [0.2, 0.25) is 0 Å². The lowest BCUT2D eigenvalue weighted by atomic mass is 9.87. The van der Waals surface area contributed by atoms with Gasteiger partial charge in [0.15, 0.2) is 5.82 Å². The number of aromatic nitrogens is 5. The quantitative estimate of drug-likeness (QED) is 0.521. The number of hydrogen-bond acceptors (Lipinski definition) is 7. The predicted octanol–water partition coefficient (Wildman–Crippen LogP) is 2.99. The summed E-state index contributed by atoms with van der Waals surface area (Å²) in [5.41, 5.74) is 7.90. The van der Waals surface area contributed by atoms with Gasteiger partial charge in [-0.2, -0.15) is 5.10 Å². The number of fused-ring (bicyclic) bond motifs is 1. The standard InChI is InChI=1S/C21H18FN7O2/c1-21(2)16-17(23)24-18(25-19(16)26-20(21)30)14-9-15(13-7-8-31-28-13)29(27-14)10-11-5-3-4-6-12(11)22/h3-9H,10H2,1-2H3,(H3,23,24,25,26,30). The van der Waals surface area contributed by atoms with E-state index in [1.807, 2.05) is 0 Å². The summed E-state index contributed by atoms with van der Waals surface area (Å²) in [5.74, 6) is 0.271. The van der Waals surface area contributed by atoms with E-state index in [0.29, 0.717) is 34.0 Å². The molecule has 0 bridgehead atoms. The van der Waals surface area contributed by atoms with Crippen LogP contribution in [0.3, 0.4) is 0 Å². The molecule has 9 nitrogen and oxygen atoms in total. The zero-order valence-corrected chi connectivity index (χ0v) is 16.8. The van der Waals surface area contributed by atoms with Crippen LogP contribution in [0.15, 0.2) is 47.2 Å².